The largest absolute Gasteiger partial charge is 0.382 e. The van der Waals surface area contributed by atoms with Crippen LogP contribution in [0.15, 0.2) is 91.9 Å². The number of halogens is 1. The molecule has 3 aromatic rings. The molecular formula is C21H16ClN5O6S3. The third-order valence-electron chi connectivity index (χ3n) is 4.24. The number of benzene rings is 3. The van der Waals surface area contributed by atoms with Crippen molar-refractivity contribution in [2.24, 2.45) is 15.3 Å². The molecule has 0 atom stereocenters. The van der Waals surface area contributed by atoms with E-state index in [1.54, 1.807) is 42.5 Å². The Morgan fingerprint density at radius 3 is 1.64 bits per heavy atom. The van der Waals surface area contributed by atoms with Gasteiger partial charge in [0.2, 0.25) is 10.0 Å². The van der Waals surface area contributed by atoms with Gasteiger partial charge < -0.3 is 5.73 Å². The highest BCUT2D eigenvalue weighted by Crippen LogP contribution is 2.23. The second kappa shape index (κ2) is 11.3. The number of nitriles is 2. The predicted molar refractivity (Wildman–Crippen MR) is 131 cm³/mol. The quantitative estimate of drug-likeness (QED) is 0.432. The van der Waals surface area contributed by atoms with Gasteiger partial charge in [-0.05, 0) is 36.4 Å². The van der Waals surface area contributed by atoms with Crippen LogP contribution in [0.3, 0.4) is 0 Å². The molecule has 4 N–H and O–H groups in total. The van der Waals surface area contributed by atoms with E-state index in [1.807, 2.05) is 0 Å². The Hall–Kier alpha value is -3.79. The molecule has 1 aliphatic rings. The van der Waals surface area contributed by atoms with Crippen LogP contribution in [-0.4, -0.2) is 31.1 Å². The summed E-state index contributed by atoms with van der Waals surface area (Å²) in [6, 6.07) is 21.5. The van der Waals surface area contributed by atoms with E-state index in [-0.39, 0.29) is 31.6 Å². The van der Waals surface area contributed by atoms with E-state index < -0.39 is 29.1 Å². The van der Waals surface area contributed by atoms with Gasteiger partial charge in [0.1, 0.15) is 27.8 Å². The topological polar surface area (TPSA) is 214 Å². The number of nitrogens with zero attached hydrogens (tertiary/aromatic N) is 3. The normalized spacial score (nSPS) is 13.3. The van der Waals surface area contributed by atoms with Gasteiger partial charge in [-0.3, -0.25) is 0 Å². The van der Waals surface area contributed by atoms with Gasteiger partial charge in [0.05, 0.1) is 16.0 Å². The number of amidine groups is 1. The molecule has 36 heavy (non-hydrogen) atoms. The zero-order valence-electron chi connectivity index (χ0n) is 18.0. The van der Waals surface area contributed by atoms with E-state index in [2.05, 4.69) is 4.40 Å². The fourth-order valence-corrected chi connectivity index (χ4v) is 5.58. The summed E-state index contributed by atoms with van der Waals surface area (Å²) >= 11 is 0. The SMILES string of the molecule is N#Cc1ccccc1S(=O)(=O)Cl.N#Cc1ccccc1S(N)(=O)=O.NC1=NS(=O)(=O)c2ccccc21. The minimum atomic E-state index is -3.80. The molecular weight excluding hydrogens is 550 g/mol. The lowest BCUT2D eigenvalue weighted by Gasteiger charge is -1.98. The highest BCUT2D eigenvalue weighted by atomic mass is 35.7. The Bertz CT molecular complexity index is 1660. The summed E-state index contributed by atoms with van der Waals surface area (Å²) in [5.74, 6) is 0.0746. The van der Waals surface area contributed by atoms with Crippen LogP contribution in [-0.2, 0) is 29.1 Å². The first-order chi connectivity index (χ1) is 16.7. The Morgan fingerprint density at radius 2 is 1.22 bits per heavy atom. The van der Waals surface area contributed by atoms with Gasteiger partial charge in [-0.1, -0.05) is 36.4 Å². The first-order valence-electron chi connectivity index (χ1n) is 9.38. The standard InChI is InChI=1S/C7H4ClNO2S.2C7H6N2O2S/c8-12(10,11)7-4-2-1-3-6(7)5-9;8-7-5-3-1-2-4-6(5)12(10,11)9-7;8-5-6-3-1-2-4-7(6)12(9,10)11/h1-4H;1-4H,(H2,8,9);1-4H,(H2,9,10,11). The fourth-order valence-electron chi connectivity index (χ4n) is 2.71. The molecule has 1 heterocycles. The van der Waals surface area contributed by atoms with Gasteiger partial charge in [0.15, 0.2) is 0 Å². The van der Waals surface area contributed by atoms with E-state index in [0.29, 0.717) is 5.56 Å². The second-order valence-corrected chi connectivity index (χ2v) is 12.3. The molecule has 0 aromatic heterocycles. The fraction of sp³-hybridized carbons (Fsp3) is 0. The number of primary sulfonamides is 1. The average Bonchev–Trinajstić information content (AvgIpc) is 3.07. The Labute approximate surface area is 212 Å². The minimum Gasteiger partial charge on any atom is -0.382 e. The lowest BCUT2D eigenvalue weighted by atomic mass is 10.2. The third kappa shape index (κ3) is 7.11. The summed E-state index contributed by atoms with van der Waals surface area (Å²) in [6.07, 6.45) is 0. The number of rotatable bonds is 2. The van der Waals surface area contributed by atoms with Crippen LogP contribution >= 0.6 is 10.7 Å². The maximum absolute atomic E-state index is 11.2. The first-order valence-corrected chi connectivity index (χ1v) is 14.7. The van der Waals surface area contributed by atoms with Crippen LogP contribution in [0.5, 0.6) is 0 Å². The molecule has 11 nitrogen and oxygen atoms in total. The molecule has 0 unspecified atom stereocenters. The maximum atomic E-state index is 11.2. The van der Waals surface area contributed by atoms with Crippen molar-refractivity contribution < 1.29 is 25.3 Å². The summed E-state index contributed by atoms with van der Waals surface area (Å²) in [4.78, 5) is -0.0795. The van der Waals surface area contributed by atoms with Crippen LogP contribution in [0.2, 0.25) is 0 Å². The summed E-state index contributed by atoms with van der Waals surface area (Å²) in [7, 11) is -5.99. The Balaban J connectivity index is 0.000000190. The molecule has 0 amide bonds. The van der Waals surface area contributed by atoms with Gasteiger partial charge in [-0.25, -0.2) is 22.0 Å². The second-order valence-electron chi connectivity index (χ2n) is 6.65. The lowest BCUT2D eigenvalue weighted by Crippen LogP contribution is -2.13. The van der Waals surface area contributed by atoms with Gasteiger partial charge in [-0.2, -0.15) is 18.9 Å². The van der Waals surface area contributed by atoms with Gasteiger partial charge in [0, 0.05) is 16.2 Å². The van der Waals surface area contributed by atoms with E-state index in [0.717, 1.165) is 0 Å². The summed E-state index contributed by atoms with van der Waals surface area (Å²) in [6.45, 7) is 0. The van der Waals surface area contributed by atoms with Crippen LogP contribution in [0.4, 0.5) is 0 Å². The van der Waals surface area contributed by atoms with Crippen molar-refractivity contribution in [3.63, 3.8) is 0 Å². The Kier molecular flexibility index (Phi) is 8.93. The molecule has 0 aliphatic carbocycles. The van der Waals surface area contributed by atoms with E-state index in [1.165, 1.54) is 42.5 Å². The van der Waals surface area contributed by atoms with E-state index >= 15 is 0 Å². The monoisotopic (exact) mass is 565 g/mol. The zero-order valence-corrected chi connectivity index (χ0v) is 21.2. The van der Waals surface area contributed by atoms with Crippen LogP contribution in [0.25, 0.3) is 0 Å². The van der Waals surface area contributed by atoms with Crippen LogP contribution in [0, 0.1) is 22.7 Å². The molecule has 3 aromatic carbocycles. The molecule has 0 bridgehead atoms. The van der Waals surface area contributed by atoms with Crippen molar-refractivity contribution in [1.29, 1.82) is 10.5 Å². The number of hydrogen-bond donors (Lipinski definition) is 2. The molecule has 0 radical (unpaired) electrons. The van der Waals surface area contributed by atoms with Gasteiger partial charge in [-0.15, -0.1) is 4.40 Å². The van der Waals surface area contributed by atoms with Crippen molar-refractivity contribution in [2.45, 2.75) is 14.7 Å². The van der Waals surface area contributed by atoms with Crippen molar-refractivity contribution in [1.82, 2.24) is 0 Å². The van der Waals surface area contributed by atoms with Gasteiger partial charge >= 0.3 is 0 Å². The average molecular weight is 566 g/mol. The number of fused-ring (bicyclic) bond motifs is 1. The maximum Gasteiger partial charge on any atom is 0.285 e. The molecule has 0 fully saturated rings. The summed E-state index contributed by atoms with van der Waals surface area (Å²) < 4.78 is 69.1. The van der Waals surface area contributed by atoms with Crippen molar-refractivity contribution >= 4 is 45.6 Å². The zero-order chi connectivity index (χ0) is 27.1. The first kappa shape index (κ1) is 28.4. The van der Waals surface area contributed by atoms with Crippen LogP contribution < -0.4 is 10.9 Å². The minimum absolute atomic E-state index is 0.0625. The Morgan fingerprint density at radius 1 is 0.778 bits per heavy atom. The molecule has 0 saturated carbocycles. The number of nitrogens with two attached hydrogens (primary N) is 2. The molecule has 0 saturated heterocycles. The predicted octanol–water partition coefficient (Wildman–Crippen LogP) is 1.79. The molecule has 4 rings (SSSR count). The van der Waals surface area contributed by atoms with E-state index in [4.69, 9.17) is 32.1 Å². The molecule has 15 heteroatoms. The number of sulfonamides is 2. The highest BCUT2D eigenvalue weighted by Gasteiger charge is 2.26. The lowest BCUT2D eigenvalue weighted by molar-refractivity contribution is 0.596. The van der Waals surface area contributed by atoms with Gasteiger partial charge in [0.25, 0.3) is 19.1 Å². The molecule has 1 aliphatic heterocycles. The summed E-state index contributed by atoms with van der Waals surface area (Å²) in [5.41, 5.74) is 6.02. The molecule has 186 valence electrons. The third-order valence-corrected chi connectivity index (χ3v) is 7.94. The highest BCUT2D eigenvalue weighted by molar-refractivity contribution is 8.13. The van der Waals surface area contributed by atoms with Crippen molar-refractivity contribution in [3.05, 3.63) is 89.5 Å². The smallest absolute Gasteiger partial charge is 0.285 e. The molecule has 0 spiro atoms. The van der Waals surface area contributed by atoms with Crippen LogP contribution in [0.1, 0.15) is 16.7 Å². The number of hydrogen-bond acceptors (Lipinski definition) is 9. The summed E-state index contributed by atoms with van der Waals surface area (Å²) in [5, 5.41) is 21.9. The van der Waals surface area contributed by atoms with Crippen molar-refractivity contribution in [3.8, 4) is 12.1 Å². The van der Waals surface area contributed by atoms with Crippen molar-refractivity contribution in [2.75, 3.05) is 0 Å². The van der Waals surface area contributed by atoms with E-state index in [9.17, 15) is 25.3 Å².